The molecule has 1 amide bonds. The summed E-state index contributed by atoms with van der Waals surface area (Å²) >= 11 is 0. The van der Waals surface area contributed by atoms with Crippen molar-refractivity contribution in [3.05, 3.63) is 130 Å². The fraction of sp³-hybridized carbons (Fsp3) is 0.233. The maximum absolute atomic E-state index is 12.6. The lowest BCUT2D eigenvalue weighted by Gasteiger charge is -2.37. The van der Waals surface area contributed by atoms with Crippen LogP contribution in [0.5, 0.6) is 0 Å². The van der Waals surface area contributed by atoms with E-state index >= 15 is 0 Å². The van der Waals surface area contributed by atoms with E-state index in [0.717, 1.165) is 16.7 Å². The van der Waals surface area contributed by atoms with Crippen LogP contribution >= 0.6 is 0 Å². The second-order valence-electron chi connectivity index (χ2n) is 9.21. The highest BCUT2D eigenvalue weighted by Crippen LogP contribution is 2.41. The zero-order chi connectivity index (χ0) is 26.5. The monoisotopic (exact) mass is 511 g/mol. The van der Waals surface area contributed by atoms with E-state index in [0.29, 0.717) is 0 Å². The van der Waals surface area contributed by atoms with E-state index < -0.39 is 29.7 Å². The first-order valence-electron chi connectivity index (χ1n) is 12.5. The molecular formula is C30H29N3O5. The van der Waals surface area contributed by atoms with Crippen molar-refractivity contribution in [2.45, 2.75) is 37.4 Å². The van der Waals surface area contributed by atoms with Gasteiger partial charge in [0.15, 0.2) is 0 Å². The molecule has 8 heteroatoms. The molecule has 0 spiro atoms. The summed E-state index contributed by atoms with van der Waals surface area (Å²) < 4.78 is 14.2. The zero-order valence-electron chi connectivity index (χ0n) is 20.9. The normalized spacial score (nSPS) is 19.3. The number of carbonyl (C=O) groups excluding carboxylic acids is 1. The van der Waals surface area contributed by atoms with Crippen molar-refractivity contribution in [1.82, 2.24) is 9.55 Å². The van der Waals surface area contributed by atoms with Gasteiger partial charge in [0.1, 0.15) is 23.8 Å². The van der Waals surface area contributed by atoms with Crippen molar-refractivity contribution in [1.29, 1.82) is 0 Å². The van der Waals surface area contributed by atoms with E-state index in [1.54, 1.807) is 0 Å². The van der Waals surface area contributed by atoms with E-state index in [1.807, 2.05) is 91.0 Å². The molecule has 5 rings (SSSR count). The molecule has 38 heavy (non-hydrogen) atoms. The first-order chi connectivity index (χ1) is 18.5. The fourth-order valence-electron chi connectivity index (χ4n) is 4.89. The molecule has 2 N–H and O–H groups in total. The smallest absolute Gasteiger partial charge is 0.351 e. The molecular weight excluding hydrogens is 482 g/mol. The summed E-state index contributed by atoms with van der Waals surface area (Å²) in [4.78, 5) is 27.8. The molecule has 0 saturated carbocycles. The van der Waals surface area contributed by atoms with E-state index in [1.165, 1.54) is 23.8 Å². The Morgan fingerprint density at radius 3 is 1.97 bits per heavy atom. The molecule has 2 heterocycles. The second-order valence-corrected chi connectivity index (χ2v) is 9.21. The molecule has 0 bridgehead atoms. The highest BCUT2D eigenvalue weighted by atomic mass is 16.6. The van der Waals surface area contributed by atoms with Crippen LogP contribution in [-0.2, 0) is 19.9 Å². The van der Waals surface area contributed by atoms with E-state index in [2.05, 4.69) is 10.3 Å². The van der Waals surface area contributed by atoms with E-state index in [-0.39, 0.29) is 24.8 Å². The number of nitrogens with zero attached hydrogens (tertiary/aromatic N) is 2. The van der Waals surface area contributed by atoms with Gasteiger partial charge in [-0.25, -0.2) is 4.79 Å². The highest BCUT2D eigenvalue weighted by Gasteiger charge is 2.41. The third-order valence-corrected chi connectivity index (χ3v) is 6.65. The number of aliphatic hydroxyl groups is 1. The predicted molar refractivity (Wildman–Crippen MR) is 142 cm³/mol. The molecule has 0 unspecified atom stereocenters. The van der Waals surface area contributed by atoms with Gasteiger partial charge < -0.3 is 19.9 Å². The zero-order valence-corrected chi connectivity index (χ0v) is 20.9. The number of hydrogen-bond donors (Lipinski definition) is 2. The van der Waals surface area contributed by atoms with Gasteiger partial charge in [-0.2, -0.15) is 4.98 Å². The molecule has 1 fully saturated rings. The molecule has 4 aromatic rings. The standard InChI is InChI=1S/C30H29N3O5/c1-21(34)31-27-17-18-33(29(36)32-27)28-19-25(35)26(38-28)20-37-30(22-11-5-2-6-12-22,23-13-7-3-8-14-23)24-15-9-4-10-16-24/h2-18,25-26,28,35H,19-20H2,1H3,(H,31,32,34,36)/t25-,26+,28+/m0/s1. The number of nitrogens with one attached hydrogen (secondary N) is 1. The maximum Gasteiger partial charge on any atom is 0.351 e. The lowest BCUT2D eigenvalue weighted by molar-refractivity contribution is -0.114. The number of benzene rings is 3. The van der Waals surface area contributed by atoms with Crippen LogP contribution in [0.1, 0.15) is 36.3 Å². The number of amides is 1. The van der Waals surface area contributed by atoms with Gasteiger partial charge >= 0.3 is 5.69 Å². The van der Waals surface area contributed by atoms with Crippen LogP contribution in [0.2, 0.25) is 0 Å². The van der Waals surface area contributed by atoms with E-state index in [4.69, 9.17) is 9.47 Å². The largest absolute Gasteiger partial charge is 0.390 e. The van der Waals surface area contributed by atoms with Crippen molar-refractivity contribution in [3.63, 3.8) is 0 Å². The Hall–Kier alpha value is -4.11. The molecule has 8 nitrogen and oxygen atoms in total. The predicted octanol–water partition coefficient (Wildman–Crippen LogP) is 3.86. The maximum atomic E-state index is 12.6. The number of rotatable bonds is 8. The van der Waals surface area contributed by atoms with Crippen molar-refractivity contribution in [3.8, 4) is 0 Å². The minimum Gasteiger partial charge on any atom is -0.390 e. The van der Waals surface area contributed by atoms with Gasteiger partial charge in [0, 0.05) is 19.5 Å². The van der Waals surface area contributed by atoms with Crippen molar-refractivity contribution >= 4 is 11.7 Å². The Bertz CT molecular complexity index is 1330. The summed E-state index contributed by atoms with van der Waals surface area (Å²) in [6.07, 6.45) is -0.558. The first-order valence-corrected chi connectivity index (χ1v) is 12.5. The summed E-state index contributed by atoms with van der Waals surface area (Å²) in [5.41, 5.74) is 1.28. The molecule has 0 radical (unpaired) electrons. The summed E-state index contributed by atoms with van der Waals surface area (Å²) in [7, 11) is 0. The molecule has 1 saturated heterocycles. The van der Waals surface area contributed by atoms with Crippen LogP contribution in [0.15, 0.2) is 108 Å². The molecule has 3 atom stereocenters. The minimum absolute atomic E-state index is 0.0719. The van der Waals surface area contributed by atoms with Crippen LogP contribution in [-0.4, -0.2) is 39.4 Å². The highest BCUT2D eigenvalue weighted by molar-refractivity contribution is 5.87. The minimum atomic E-state index is -0.955. The second kappa shape index (κ2) is 11.1. The summed E-state index contributed by atoms with van der Waals surface area (Å²) in [5.74, 6) is -0.159. The number of carbonyl (C=O) groups is 1. The Morgan fingerprint density at radius 2 is 1.50 bits per heavy atom. The van der Waals surface area contributed by atoms with Crippen LogP contribution in [0, 0.1) is 0 Å². The molecule has 1 aliphatic rings. The number of ether oxygens (including phenoxy) is 2. The number of aliphatic hydroxyl groups excluding tert-OH is 1. The van der Waals surface area contributed by atoms with Crippen LogP contribution in [0.4, 0.5) is 5.82 Å². The molecule has 0 aliphatic carbocycles. The van der Waals surface area contributed by atoms with Crippen molar-refractivity contribution in [2.75, 3.05) is 11.9 Å². The van der Waals surface area contributed by atoms with Gasteiger partial charge in [-0.3, -0.25) is 9.36 Å². The topological polar surface area (TPSA) is 103 Å². The van der Waals surface area contributed by atoms with Gasteiger partial charge in [-0.05, 0) is 22.8 Å². The average molecular weight is 512 g/mol. The molecule has 3 aromatic carbocycles. The van der Waals surface area contributed by atoms with Gasteiger partial charge in [-0.15, -0.1) is 0 Å². The Labute approximate surface area is 220 Å². The van der Waals surface area contributed by atoms with Gasteiger partial charge in [-0.1, -0.05) is 91.0 Å². The van der Waals surface area contributed by atoms with Crippen LogP contribution in [0.3, 0.4) is 0 Å². The Kier molecular flexibility index (Phi) is 7.46. The van der Waals surface area contributed by atoms with E-state index in [9.17, 15) is 14.7 Å². The Morgan fingerprint density at radius 1 is 0.974 bits per heavy atom. The lowest BCUT2D eigenvalue weighted by Crippen LogP contribution is -2.38. The van der Waals surface area contributed by atoms with Crippen molar-refractivity contribution in [2.24, 2.45) is 0 Å². The molecule has 1 aliphatic heterocycles. The van der Waals surface area contributed by atoms with Gasteiger partial charge in [0.05, 0.1) is 12.7 Å². The number of hydrogen-bond acceptors (Lipinski definition) is 6. The molecule has 194 valence electrons. The first kappa shape index (κ1) is 25.5. The quantitative estimate of drug-likeness (QED) is 0.348. The SMILES string of the molecule is CC(=O)Nc1ccn([C@H]2C[C@H](O)[C@@H](COC(c3ccccc3)(c3ccccc3)c3ccccc3)O2)c(=O)n1. The third kappa shape index (κ3) is 5.15. The van der Waals surface area contributed by atoms with Crippen molar-refractivity contribution < 1.29 is 19.4 Å². The fourth-order valence-corrected chi connectivity index (χ4v) is 4.89. The summed E-state index contributed by atoms with van der Waals surface area (Å²) in [5, 5.41) is 13.4. The summed E-state index contributed by atoms with van der Waals surface area (Å²) in [6.45, 7) is 1.41. The number of anilines is 1. The van der Waals surface area contributed by atoms with Crippen LogP contribution in [0.25, 0.3) is 0 Å². The average Bonchev–Trinajstić information content (AvgIpc) is 3.30. The summed E-state index contributed by atoms with van der Waals surface area (Å²) in [6, 6.07) is 31.4. The van der Waals surface area contributed by atoms with Gasteiger partial charge in [0.2, 0.25) is 5.91 Å². The third-order valence-electron chi connectivity index (χ3n) is 6.65. The van der Waals surface area contributed by atoms with Crippen LogP contribution < -0.4 is 11.0 Å². The van der Waals surface area contributed by atoms with Gasteiger partial charge in [0.25, 0.3) is 0 Å². The number of aromatic nitrogens is 2. The molecule has 1 aromatic heterocycles. The Balaban J connectivity index is 1.45. The lowest BCUT2D eigenvalue weighted by atomic mass is 9.80.